The normalized spacial score (nSPS) is 12.2. The van der Waals surface area contributed by atoms with E-state index in [9.17, 15) is 8.42 Å². The van der Waals surface area contributed by atoms with Gasteiger partial charge in [-0.15, -0.1) is 0 Å². The Hall–Kier alpha value is -1.11. The molecule has 6 heteroatoms. The van der Waals surface area contributed by atoms with Gasteiger partial charge in [-0.05, 0) is 31.5 Å². The molecule has 0 atom stereocenters. The summed E-state index contributed by atoms with van der Waals surface area (Å²) in [7, 11) is -0.372. The van der Waals surface area contributed by atoms with Gasteiger partial charge in [-0.25, -0.2) is 0 Å². The number of rotatable bonds is 5. The molecule has 0 aromatic heterocycles. The molecular formula is C12H21N3O2S. The summed E-state index contributed by atoms with van der Waals surface area (Å²) in [5.41, 5.74) is 7.08. The minimum atomic E-state index is -3.49. The van der Waals surface area contributed by atoms with Gasteiger partial charge in [-0.3, -0.25) is 4.31 Å². The van der Waals surface area contributed by atoms with Crippen LogP contribution in [0.3, 0.4) is 0 Å². The molecule has 0 aliphatic heterocycles. The maximum absolute atomic E-state index is 12.3. The first-order valence-corrected chi connectivity index (χ1v) is 7.21. The summed E-state index contributed by atoms with van der Waals surface area (Å²) >= 11 is 0. The van der Waals surface area contributed by atoms with E-state index >= 15 is 0 Å². The Labute approximate surface area is 109 Å². The van der Waals surface area contributed by atoms with Crippen molar-refractivity contribution in [2.75, 3.05) is 18.4 Å². The molecule has 0 aliphatic carbocycles. The zero-order chi connectivity index (χ0) is 13.9. The second-order valence-corrected chi connectivity index (χ2v) is 6.48. The van der Waals surface area contributed by atoms with Gasteiger partial charge in [-0.2, -0.15) is 12.7 Å². The molecule has 18 heavy (non-hydrogen) atoms. The van der Waals surface area contributed by atoms with Crippen LogP contribution in [0.25, 0.3) is 0 Å². The number of nitrogens with zero attached hydrogens (tertiary/aromatic N) is 2. The Morgan fingerprint density at radius 2 is 1.89 bits per heavy atom. The van der Waals surface area contributed by atoms with Crippen LogP contribution < -0.4 is 10.0 Å². The summed E-state index contributed by atoms with van der Waals surface area (Å²) in [4.78, 5) is 0. The van der Waals surface area contributed by atoms with Gasteiger partial charge in [-0.1, -0.05) is 12.1 Å². The van der Waals surface area contributed by atoms with Crippen LogP contribution >= 0.6 is 0 Å². The highest BCUT2D eigenvalue weighted by atomic mass is 32.2. The molecule has 102 valence electrons. The summed E-state index contributed by atoms with van der Waals surface area (Å²) in [6.07, 6.45) is 0. The van der Waals surface area contributed by atoms with Gasteiger partial charge in [0.05, 0.1) is 5.69 Å². The fraction of sp³-hybridized carbons (Fsp3) is 0.500. The van der Waals surface area contributed by atoms with Crippen LogP contribution in [-0.2, 0) is 16.8 Å². The number of hydrogen-bond acceptors (Lipinski definition) is 3. The van der Waals surface area contributed by atoms with Gasteiger partial charge in [0.15, 0.2) is 0 Å². The van der Waals surface area contributed by atoms with Crippen molar-refractivity contribution in [3.05, 3.63) is 29.8 Å². The lowest BCUT2D eigenvalue weighted by Gasteiger charge is -2.28. The molecule has 0 radical (unpaired) electrons. The smallest absolute Gasteiger partial charge is 0.303 e. The van der Waals surface area contributed by atoms with Crippen molar-refractivity contribution in [3.63, 3.8) is 0 Å². The van der Waals surface area contributed by atoms with E-state index in [0.29, 0.717) is 12.2 Å². The van der Waals surface area contributed by atoms with E-state index in [1.165, 1.54) is 8.61 Å². The van der Waals surface area contributed by atoms with E-state index in [4.69, 9.17) is 5.73 Å². The van der Waals surface area contributed by atoms with E-state index in [1.54, 1.807) is 32.3 Å². The average molecular weight is 271 g/mol. The zero-order valence-corrected chi connectivity index (χ0v) is 12.1. The lowest BCUT2D eigenvalue weighted by molar-refractivity contribution is 0.409. The summed E-state index contributed by atoms with van der Waals surface area (Å²) in [6.45, 7) is 4.06. The van der Waals surface area contributed by atoms with Gasteiger partial charge in [0.2, 0.25) is 0 Å². The topological polar surface area (TPSA) is 66.6 Å². The molecular weight excluding hydrogens is 250 g/mol. The van der Waals surface area contributed by atoms with E-state index in [1.807, 2.05) is 19.9 Å². The van der Waals surface area contributed by atoms with Gasteiger partial charge in [0, 0.05) is 26.7 Å². The molecule has 0 heterocycles. The number of anilines is 1. The molecule has 1 aromatic rings. The summed E-state index contributed by atoms with van der Waals surface area (Å²) in [5, 5.41) is 0. The minimum Gasteiger partial charge on any atom is -0.326 e. The lowest BCUT2D eigenvalue weighted by Crippen LogP contribution is -2.43. The van der Waals surface area contributed by atoms with Crippen molar-refractivity contribution in [2.24, 2.45) is 5.73 Å². The number of benzene rings is 1. The van der Waals surface area contributed by atoms with Crippen LogP contribution in [0.5, 0.6) is 0 Å². The second-order valence-electron chi connectivity index (χ2n) is 4.46. The van der Waals surface area contributed by atoms with E-state index in [-0.39, 0.29) is 6.04 Å². The van der Waals surface area contributed by atoms with Crippen molar-refractivity contribution in [3.8, 4) is 0 Å². The highest BCUT2D eigenvalue weighted by molar-refractivity contribution is 7.90. The quantitative estimate of drug-likeness (QED) is 0.874. The van der Waals surface area contributed by atoms with Crippen LogP contribution in [0.2, 0.25) is 0 Å². The standard InChI is InChI=1S/C12H21N3O2S/c1-10(2)14(3)18(16,17)15(4)12-7-5-6-11(8-12)9-13/h5-8,10H,9,13H2,1-4H3. The maximum atomic E-state index is 12.3. The predicted octanol–water partition coefficient (Wildman–Crippen LogP) is 1.17. The number of hydrogen-bond donors (Lipinski definition) is 1. The Balaban J connectivity index is 3.09. The highest BCUT2D eigenvalue weighted by Crippen LogP contribution is 2.20. The fourth-order valence-electron chi connectivity index (χ4n) is 1.47. The molecule has 5 nitrogen and oxygen atoms in total. The lowest BCUT2D eigenvalue weighted by atomic mass is 10.2. The first-order chi connectivity index (χ1) is 8.30. The monoisotopic (exact) mass is 271 g/mol. The predicted molar refractivity (Wildman–Crippen MR) is 74.6 cm³/mol. The molecule has 0 saturated heterocycles. The van der Waals surface area contributed by atoms with Crippen LogP contribution in [0.1, 0.15) is 19.4 Å². The molecule has 1 rings (SSSR count). The Bertz CT molecular complexity index is 500. The second kappa shape index (κ2) is 5.69. The Morgan fingerprint density at radius 3 is 2.39 bits per heavy atom. The molecule has 0 saturated carbocycles. The van der Waals surface area contributed by atoms with Crippen LogP contribution in [0, 0.1) is 0 Å². The van der Waals surface area contributed by atoms with E-state index in [2.05, 4.69) is 0 Å². The van der Waals surface area contributed by atoms with Crippen LogP contribution in [-0.4, -0.2) is 32.9 Å². The molecule has 0 spiro atoms. The third kappa shape index (κ3) is 3.01. The number of nitrogens with two attached hydrogens (primary N) is 1. The Morgan fingerprint density at radius 1 is 1.28 bits per heavy atom. The van der Waals surface area contributed by atoms with Crippen LogP contribution in [0.15, 0.2) is 24.3 Å². The molecule has 2 N–H and O–H groups in total. The molecule has 0 unspecified atom stereocenters. The molecule has 0 fully saturated rings. The van der Waals surface area contributed by atoms with Crippen molar-refractivity contribution in [1.29, 1.82) is 0 Å². The summed E-state index contributed by atoms with van der Waals surface area (Å²) < 4.78 is 27.2. The maximum Gasteiger partial charge on any atom is 0.303 e. The van der Waals surface area contributed by atoms with Gasteiger partial charge in [0.25, 0.3) is 0 Å². The Kier molecular flexibility index (Phi) is 4.72. The third-order valence-corrected chi connectivity index (χ3v) is 5.00. The average Bonchev–Trinajstić information content (AvgIpc) is 2.36. The van der Waals surface area contributed by atoms with E-state index < -0.39 is 10.2 Å². The molecule has 0 bridgehead atoms. The van der Waals surface area contributed by atoms with Gasteiger partial charge in [0.1, 0.15) is 0 Å². The SMILES string of the molecule is CC(C)N(C)S(=O)(=O)N(C)c1cccc(CN)c1. The first kappa shape index (κ1) is 14.9. The summed E-state index contributed by atoms with van der Waals surface area (Å²) in [6, 6.07) is 7.13. The van der Waals surface area contributed by atoms with E-state index in [0.717, 1.165) is 5.56 Å². The minimum absolute atomic E-state index is 0.0878. The zero-order valence-electron chi connectivity index (χ0n) is 11.3. The highest BCUT2D eigenvalue weighted by Gasteiger charge is 2.25. The van der Waals surface area contributed by atoms with Crippen LogP contribution in [0.4, 0.5) is 5.69 Å². The van der Waals surface area contributed by atoms with Gasteiger partial charge < -0.3 is 5.73 Å². The molecule has 0 aliphatic rings. The van der Waals surface area contributed by atoms with Crippen molar-refractivity contribution < 1.29 is 8.42 Å². The fourth-order valence-corrected chi connectivity index (χ4v) is 2.77. The molecule has 1 aromatic carbocycles. The van der Waals surface area contributed by atoms with Crippen molar-refractivity contribution in [1.82, 2.24) is 4.31 Å². The molecule has 0 amide bonds. The first-order valence-electron chi connectivity index (χ1n) is 5.81. The third-order valence-electron chi connectivity index (χ3n) is 2.95. The van der Waals surface area contributed by atoms with Crippen molar-refractivity contribution >= 4 is 15.9 Å². The summed E-state index contributed by atoms with van der Waals surface area (Å²) in [5.74, 6) is 0. The van der Waals surface area contributed by atoms with Crippen molar-refractivity contribution in [2.45, 2.75) is 26.4 Å². The largest absolute Gasteiger partial charge is 0.326 e. The van der Waals surface area contributed by atoms with Gasteiger partial charge >= 0.3 is 10.2 Å².